The molecule has 0 unspecified atom stereocenters. The van der Waals surface area contributed by atoms with E-state index in [-0.39, 0.29) is 6.04 Å². The lowest BCUT2D eigenvalue weighted by molar-refractivity contribution is 0.221. The highest BCUT2D eigenvalue weighted by Gasteiger charge is 2.36. The Morgan fingerprint density at radius 3 is 2.46 bits per heavy atom. The molecule has 24 heavy (non-hydrogen) atoms. The minimum atomic E-state index is -3.32. The Hall–Kier alpha value is -0.920. The van der Waals surface area contributed by atoms with Crippen molar-refractivity contribution in [2.75, 3.05) is 19.6 Å². The summed E-state index contributed by atoms with van der Waals surface area (Å²) in [6.07, 6.45) is 12.8. The summed E-state index contributed by atoms with van der Waals surface area (Å²) in [5, 5.41) is 0. The van der Waals surface area contributed by atoms with Gasteiger partial charge in [0.25, 0.3) is 10.2 Å². The standard InChI is InChI=1S/C17H30N4O2S/c1-19-15-11-18-17(19)10-9-16-8-4-7-14-21(16)24(22,23)20-12-5-2-3-6-13-20/h11,15-16H,2-10,12-14H2,1H3/t16-/m1/s1. The molecule has 2 saturated heterocycles. The van der Waals surface area contributed by atoms with Crippen molar-refractivity contribution in [3.05, 3.63) is 18.2 Å². The third kappa shape index (κ3) is 4.00. The minimum Gasteiger partial charge on any atom is -0.338 e. The Morgan fingerprint density at radius 2 is 1.79 bits per heavy atom. The Bertz CT molecular complexity index is 620. The first kappa shape index (κ1) is 17.9. The molecule has 2 fully saturated rings. The number of aromatic nitrogens is 2. The van der Waals surface area contributed by atoms with Gasteiger partial charge in [0.2, 0.25) is 0 Å². The van der Waals surface area contributed by atoms with Crippen molar-refractivity contribution < 1.29 is 8.42 Å². The second kappa shape index (κ2) is 7.97. The van der Waals surface area contributed by atoms with Crippen LogP contribution in [0.5, 0.6) is 0 Å². The molecule has 136 valence electrons. The molecule has 2 aliphatic rings. The van der Waals surface area contributed by atoms with E-state index in [1.165, 1.54) is 0 Å². The zero-order valence-electron chi connectivity index (χ0n) is 14.7. The topological polar surface area (TPSA) is 58.4 Å². The summed E-state index contributed by atoms with van der Waals surface area (Å²) in [6.45, 7) is 2.04. The predicted octanol–water partition coefficient (Wildman–Crippen LogP) is 2.33. The number of rotatable bonds is 5. The van der Waals surface area contributed by atoms with E-state index in [1.54, 1.807) is 8.61 Å². The second-order valence-corrected chi connectivity index (χ2v) is 8.96. The van der Waals surface area contributed by atoms with Crippen LogP contribution < -0.4 is 0 Å². The van der Waals surface area contributed by atoms with Crippen LogP contribution >= 0.6 is 0 Å². The van der Waals surface area contributed by atoms with Gasteiger partial charge in [-0.3, -0.25) is 0 Å². The molecule has 0 bridgehead atoms. The minimum absolute atomic E-state index is 0.115. The molecule has 3 rings (SSSR count). The van der Waals surface area contributed by atoms with Crippen LogP contribution in [0, 0.1) is 0 Å². The Balaban J connectivity index is 1.69. The zero-order valence-corrected chi connectivity index (χ0v) is 15.5. The molecule has 0 saturated carbocycles. The van der Waals surface area contributed by atoms with Gasteiger partial charge in [-0.25, -0.2) is 4.98 Å². The van der Waals surface area contributed by atoms with Crippen LogP contribution in [0.25, 0.3) is 0 Å². The average molecular weight is 355 g/mol. The Kier molecular flexibility index (Phi) is 5.94. The van der Waals surface area contributed by atoms with Crippen LogP contribution in [0.2, 0.25) is 0 Å². The van der Waals surface area contributed by atoms with Crippen molar-refractivity contribution in [2.24, 2.45) is 7.05 Å². The van der Waals surface area contributed by atoms with Gasteiger partial charge in [-0.1, -0.05) is 19.3 Å². The molecule has 1 aromatic heterocycles. The number of nitrogens with zero attached hydrogens (tertiary/aromatic N) is 4. The average Bonchev–Trinajstić information content (AvgIpc) is 2.82. The summed E-state index contributed by atoms with van der Waals surface area (Å²) >= 11 is 0. The SMILES string of the molecule is Cn1ccnc1CC[C@H]1CCCCN1S(=O)(=O)N1CCCCCC1. The molecule has 6 nitrogen and oxygen atoms in total. The van der Waals surface area contributed by atoms with Gasteiger partial charge in [0.15, 0.2) is 0 Å². The van der Waals surface area contributed by atoms with Crippen LogP contribution in [-0.4, -0.2) is 52.3 Å². The number of piperidine rings is 1. The molecule has 0 spiro atoms. The molecular formula is C17H30N4O2S. The van der Waals surface area contributed by atoms with Crippen LogP contribution in [0.15, 0.2) is 12.4 Å². The van der Waals surface area contributed by atoms with Crippen molar-refractivity contribution in [3.63, 3.8) is 0 Å². The van der Waals surface area contributed by atoms with Gasteiger partial charge in [0, 0.05) is 51.5 Å². The molecule has 0 radical (unpaired) electrons. The molecular weight excluding hydrogens is 324 g/mol. The molecule has 0 aromatic carbocycles. The van der Waals surface area contributed by atoms with Gasteiger partial charge >= 0.3 is 0 Å². The maximum absolute atomic E-state index is 13.2. The van der Waals surface area contributed by atoms with Crippen molar-refractivity contribution >= 4 is 10.2 Å². The highest BCUT2D eigenvalue weighted by Crippen LogP contribution is 2.27. The molecule has 1 aromatic rings. The smallest absolute Gasteiger partial charge is 0.282 e. The van der Waals surface area contributed by atoms with E-state index < -0.39 is 10.2 Å². The van der Waals surface area contributed by atoms with E-state index in [4.69, 9.17) is 0 Å². The highest BCUT2D eigenvalue weighted by atomic mass is 32.2. The monoisotopic (exact) mass is 354 g/mol. The number of hydrogen-bond donors (Lipinski definition) is 0. The van der Waals surface area contributed by atoms with E-state index in [9.17, 15) is 8.42 Å². The van der Waals surface area contributed by atoms with Gasteiger partial charge in [-0.15, -0.1) is 0 Å². The third-order valence-corrected chi connectivity index (χ3v) is 7.47. The molecule has 1 atom stereocenters. The fourth-order valence-electron chi connectivity index (χ4n) is 3.92. The summed E-state index contributed by atoms with van der Waals surface area (Å²) in [6, 6.07) is 0.115. The molecule has 7 heteroatoms. The lowest BCUT2D eigenvalue weighted by Gasteiger charge is -2.37. The van der Waals surface area contributed by atoms with E-state index in [0.717, 1.165) is 63.6 Å². The maximum Gasteiger partial charge on any atom is 0.282 e. The fourth-order valence-corrected chi connectivity index (χ4v) is 5.88. The fraction of sp³-hybridized carbons (Fsp3) is 0.824. The molecule has 3 heterocycles. The first-order chi connectivity index (χ1) is 11.6. The van der Waals surface area contributed by atoms with Gasteiger partial charge in [-0.05, 0) is 32.1 Å². The van der Waals surface area contributed by atoms with Crippen molar-refractivity contribution in [3.8, 4) is 0 Å². The van der Waals surface area contributed by atoms with Crippen LogP contribution in [0.4, 0.5) is 0 Å². The molecule has 0 amide bonds. The van der Waals surface area contributed by atoms with Gasteiger partial charge in [0.1, 0.15) is 5.82 Å². The predicted molar refractivity (Wildman–Crippen MR) is 94.8 cm³/mol. The van der Waals surface area contributed by atoms with Gasteiger partial charge in [-0.2, -0.15) is 17.0 Å². The van der Waals surface area contributed by atoms with E-state index >= 15 is 0 Å². The molecule has 0 N–H and O–H groups in total. The van der Waals surface area contributed by atoms with E-state index in [1.807, 2.05) is 24.0 Å². The van der Waals surface area contributed by atoms with Crippen molar-refractivity contribution in [1.82, 2.24) is 18.2 Å². The first-order valence-electron chi connectivity index (χ1n) is 9.32. The van der Waals surface area contributed by atoms with E-state index in [0.29, 0.717) is 19.6 Å². The van der Waals surface area contributed by atoms with Gasteiger partial charge in [0.05, 0.1) is 0 Å². The molecule has 2 aliphatic heterocycles. The third-order valence-electron chi connectivity index (χ3n) is 5.38. The Morgan fingerprint density at radius 1 is 1.08 bits per heavy atom. The normalized spacial score (nSPS) is 24.8. The highest BCUT2D eigenvalue weighted by molar-refractivity contribution is 7.86. The summed E-state index contributed by atoms with van der Waals surface area (Å²) in [5.74, 6) is 1.03. The lowest BCUT2D eigenvalue weighted by atomic mass is 10.0. The van der Waals surface area contributed by atoms with Crippen LogP contribution in [0.3, 0.4) is 0 Å². The van der Waals surface area contributed by atoms with E-state index in [2.05, 4.69) is 4.98 Å². The summed E-state index contributed by atoms with van der Waals surface area (Å²) in [7, 11) is -1.32. The number of imidazole rings is 1. The zero-order chi connectivity index (χ0) is 17.0. The largest absolute Gasteiger partial charge is 0.338 e. The van der Waals surface area contributed by atoms with Crippen molar-refractivity contribution in [2.45, 2.75) is 63.8 Å². The summed E-state index contributed by atoms with van der Waals surface area (Å²) < 4.78 is 31.9. The van der Waals surface area contributed by atoms with Crippen LogP contribution in [0.1, 0.15) is 57.2 Å². The maximum atomic E-state index is 13.2. The lowest BCUT2D eigenvalue weighted by Crippen LogP contribution is -2.51. The second-order valence-electron chi connectivity index (χ2n) is 7.07. The summed E-state index contributed by atoms with van der Waals surface area (Å²) in [4.78, 5) is 4.37. The first-order valence-corrected chi connectivity index (χ1v) is 10.7. The van der Waals surface area contributed by atoms with Crippen LogP contribution in [-0.2, 0) is 23.7 Å². The quantitative estimate of drug-likeness (QED) is 0.815. The van der Waals surface area contributed by atoms with Crippen molar-refractivity contribution in [1.29, 1.82) is 0 Å². The van der Waals surface area contributed by atoms with Gasteiger partial charge < -0.3 is 4.57 Å². The number of aryl methyl sites for hydroxylation is 2. The summed E-state index contributed by atoms with van der Waals surface area (Å²) in [5.41, 5.74) is 0. The Labute approximate surface area is 146 Å². The number of hydrogen-bond acceptors (Lipinski definition) is 3. The molecule has 0 aliphatic carbocycles.